The van der Waals surface area contributed by atoms with Crippen molar-refractivity contribution >= 4 is 11.9 Å². The van der Waals surface area contributed by atoms with Crippen molar-refractivity contribution in [1.29, 1.82) is 0 Å². The Bertz CT molecular complexity index is 729. The number of aliphatic hydroxyl groups is 1. The molecule has 0 aliphatic heterocycles. The molecular weight excluding hydrogens is 318 g/mol. The van der Waals surface area contributed by atoms with Crippen molar-refractivity contribution in [3.8, 4) is 0 Å². The van der Waals surface area contributed by atoms with E-state index in [0.29, 0.717) is 11.1 Å². The molecule has 0 radical (unpaired) electrons. The van der Waals surface area contributed by atoms with Crippen LogP contribution in [-0.2, 0) is 10.2 Å². The van der Waals surface area contributed by atoms with E-state index in [4.69, 9.17) is 4.74 Å². The Balaban J connectivity index is 2.09. The van der Waals surface area contributed by atoms with Gasteiger partial charge in [0.05, 0.1) is 18.8 Å². The molecule has 2 aromatic rings. The van der Waals surface area contributed by atoms with Crippen LogP contribution in [-0.4, -0.2) is 36.7 Å². The number of hydrogen-bond donors (Lipinski definition) is 2. The van der Waals surface area contributed by atoms with Crippen molar-refractivity contribution in [1.82, 2.24) is 5.32 Å². The minimum absolute atomic E-state index is 0.0971. The van der Waals surface area contributed by atoms with E-state index in [0.717, 1.165) is 5.56 Å². The Morgan fingerprint density at radius 2 is 1.76 bits per heavy atom. The summed E-state index contributed by atoms with van der Waals surface area (Å²) < 4.78 is 4.95. The van der Waals surface area contributed by atoms with E-state index in [9.17, 15) is 14.7 Å². The average molecular weight is 341 g/mol. The second-order valence-corrected chi connectivity index (χ2v) is 6.07. The molecule has 5 heteroatoms. The largest absolute Gasteiger partial charge is 0.462 e. The van der Waals surface area contributed by atoms with Crippen molar-refractivity contribution in [2.75, 3.05) is 19.8 Å². The van der Waals surface area contributed by atoms with Gasteiger partial charge in [0, 0.05) is 17.5 Å². The summed E-state index contributed by atoms with van der Waals surface area (Å²) in [5.74, 6) is -0.761. The van der Waals surface area contributed by atoms with Gasteiger partial charge in [-0.3, -0.25) is 4.79 Å². The number of carbonyl (C=O) groups is 2. The maximum absolute atomic E-state index is 12.4. The van der Waals surface area contributed by atoms with Gasteiger partial charge in [0.2, 0.25) is 0 Å². The lowest BCUT2D eigenvalue weighted by Gasteiger charge is -2.28. The first-order valence-electron chi connectivity index (χ1n) is 8.22. The van der Waals surface area contributed by atoms with Crippen LogP contribution < -0.4 is 5.32 Å². The number of ether oxygens (including phenoxy) is 1. The molecular formula is C20H23NO4. The van der Waals surface area contributed by atoms with Gasteiger partial charge in [-0.1, -0.05) is 43.3 Å². The first-order chi connectivity index (χ1) is 12.0. The highest BCUT2D eigenvalue weighted by Gasteiger charge is 2.26. The summed E-state index contributed by atoms with van der Waals surface area (Å²) >= 11 is 0. The summed E-state index contributed by atoms with van der Waals surface area (Å²) in [6.07, 6.45) is 0. The molecule has 0 saturated carbocycles. The SMILES string of the molecule is CCOC(=O)c1cccc(C(=O)NCC(C)(CO)c2ccccc2)c1. The van der Waals surface area contributed by atoms with E-state index in [-0.39, 0.29) is 25.7 Å². The number of aliphatic hydroxyl groups excluding tert-OH is 1. The molecule has 132 valence electrons. The van der Waals surface area contributed by atoms with Crippen LogP contribution >= 0.6 is 0 Å². The zero-order chi connectivity index (χ0) is 18.3. The minimum Gasteiger partial charge on any atom is -0.462 e. The van der Waals surface area contributed by atoms with Crippen molar-refractivity contribution < 1.29 is 19.4 Å². The highest BCUT2D eigenvalue weighted by molar-refractivity contribution is 5.97. The number of benzene rings is 2. The number of esters is 1. The normalized spacial score (nSPS) is 12.9. The average Bonchev–Trinajstić information content (AvgIpc) is 2.66. The Morgan fingerprint density at radius 3 is 2.40 bits per heavy atom. The maximum atomic E-state index is 12.4. The summed E-state index contributed by atoms with van der Waals surface area (Å²) in [6, 6.07) is 15.9. The summed E-state index contributed by atoms with van der Waals surface area (Å²) in [5, 5.41) is 12.6. The van der Waals surface area contributed by atoms with Gasteiger partial charge >= 0.3 is 5.97 Å². The molecule has 2 N–H and O–H groups in total. The third kappa shape index (κ3) is 4.67. The summed E-state index contributed by atoms with van der Waals surface area (Å²) in [4.78, 5) is 24.2. The van der Waals surface area contributed by atoms with Gasteiger partial charge in [0.25, 0.3) is 5.91 Å². The van der Waals surface area contributed by atoms with Crippen LogP contribution in [0.3, 0.4) is 0 Å². The van der Waals surface area contributed by atoms with Gasteiger partial charge in [-0.15, -0.1) is 0 Å². The summed E-state index contributed by atoms with van der Waals surface area (Å²) in [7, 11) is 0. The zero-order valence-corrected chi connectivity index (χ0v) is 14.5. The van der Waals surface area contributed by atoms with Crippen LogP contribution in [0.4, 0.5) is 0 Å². The molecule has 0 spiro atoms. The lowest BCUT2D eigenvalue weighted by atomic mass is 9.83. The fraction of sp³-hybridized carbons (Fsp3) is 0.300. The van der Waals surface area contributed by atoms with Crippen LogP contribution in [0.2, 0.25) is 0 Å². The summed E-state index contributed by atoms with van der Waals surface area (Å²) in [5.41, 5.74) is 1.06. The lowest BCUT2D eigenvalue weighted by Crippen LogP contribution is -2.41. The fourth-order valence-electron chi connectivity index (χ4n) is 2.47. The number of carbonyl (C=O) groups excluding carboxylic acids is 2. The van der Waals surface area contributed by atoms with E-state index in [1.165, 1.54) is 6.07 Å². The van der Waals surface area contributed by atoms with Gasteiger partial charge < -0.3 is 15.2 Å². The molecule has 0 fully saturated rings. The molecule has 1 amide bonds. The van der Waals surface area contributed by atoms with Crippen molar-refractivity contribution in [2.45, 2.75) is 19.3 Å². The topological polar surface area (TPSA) is 75.6 Å². The molecule has 0 aliphatic carbocycles. The van der Waals surface area contributed by atoms with E-state index in [1.807, 2.05) is 37.3 Å². The van der Waals surface area contributed by atoms with Crippen LogP contribution in [0, 0.1) is 0 Å². The van der Waals surface area contributed by atoms with Crippen LogP contribution in [0.5, 0.6) is 0 Å². The molecule has 2 aromatic carbocycles. The quantitative estimate of drug-likeness (QED) is 0.759. The van der Waals surface area contributed by atoms with Gasteiger partial charge in [-0.25, -0.2) is 4.79 Å². The van der Waals surface area contributed by atoms with Gasteiger partial charge in [0.1, 0.15) is 0 Å². The minimum atomic E-state index is -0.588. The number of rotatable bonds is 7. The Morgan fingerprint density at radius 1 is 1.08 bits per heavy atom. The number of nitrogens with one attached hydrogen (secondary N) is 1. The predicted octanol–water partition coefficient (Wildman–Crippen LogP) is 2.54. The maximum Gasteiger partial charge on any atom is 0.338 e. The van der Waals surface area contributed by atoms with Gasteiger partial charge in [0.15, 0.2) is 0 Å². The lowest BCUT2D eigenvalue weighted by molar-refractivity contribution is 0.0526. The smallest absolute Gasteiger partial charge is 0.338 e. The molecule has 5 nitrogen and oxygen atoms in total. The molecule has 25 heavy (non-hydrogen) atoms. The Labute approximate surface area is 147 Å². The molecule has 0 bridgehead atoms. The Kier molecular flexibility index (Phi) is 6.31. The second-order valence-electron chi connectivity index (χ2n) is 6.07. The number of amides is 1. The van der Waals surface area contributed by atoms with E-state index < -0.39 is 11.4 Å². The molecule has 1 atom stereocenters. The summed E-state index contributed by atoms with van der Waals surface area (Å²) in [6.45, 7) is 4.07. The molecule has 2 rings (SSSR count). The van der Waals surface area contributed by atoms with E-state index in [2.05, 4.69) is 5.32 Å². The van der Waals surface area contributed by atoms with Gasteiger partial charge in [-0.05, 0) is 30.7 Å². The van der Waals surface area contributed by atoms with Crippen LogP contribution in [0.1, 0.15) is 40.1 Å². The first-order valence-corrected chi connectivity index (χ1v) is 8.22. The third-order valence-electron chi connectivity index (χ3n) is 4.09. The highest BCUT2D eigenvalue weighted by atomic mass is 16.5. The molecule has 0 aromatic heterocycles. The highest BCUT2D eigenvalue weighted by Crippen LogP contribution is 2.22. The Hall–Kier alpha value is -2.66. The zero-order valence-electron chi connectivity index (χ0n) is 14.5. The van der Waals surface area contributed by atoms with Gasteiger partial charge in [-0.2, -0.15) is 0 Å². The monoisotopic (exact) mass is 341 g/mol. The standard InChI is InChI=1S/C20H23NO4/c1-3-25-19(24)16-9-7-8-15(12-16)18(23)21-13-20(2,14-22)17-10-5-4-6-11-17/h4-12,22H,3,13-14H2,1-2H3,(H,21,23). The van der Waals surface area contributed by atoms with Crippen LogP contribution in [0.15, 0.2) is 54.6 Å². The van der Waals surface area contributed by atoms with Crippen molar-refractivity contribution in [3.05, 3.63) is 71.3 Å². The predicted molar refractivity (Wildman–Crippen MR) is 95.6 cm³/mol. The van der Waals surface area contributed by atoms with Crippen molar-refractivity contribution in [3.63, 3.8) is 0 Å². The van der Waals surface area contributed by atoms with E-state index >= 15 is 0 Å². The fourth-order valence-corrected chi connectivity index (χ4v) is 2.47. The molecule has 0 heterocycles. The molecule has 0 saturated heterocycles. The third-order valence-corrected chi connectivity index (χ3v) is 4.09. The van der Waals surface area contributed by atoms with E-state index in [1.54, 1.807) is 25.1 Å². The first kappa shape index (κ1) is 18.7. The van der Waals surface area contributed by atoms with Crippen molar-refractivity contribution in [2.24, 2.45) is 0 Å². The molecule has 0 aliphatic rings. The van der Waals surface area contributed by atoms with Crippen LogP contribution in [0.25, 0.3) is 0 Å². The molecule has 1 unspecified atom stereocenters. The number of hydrogen-bond acceptors (Lipinski definition) is 4. The second kappa shape index (κ2) is 8.44.